The smallest absolute Gasteiger partial charge is 0.337 e. The SMILES string of the molecule is COC(=O)c1ccc(NS(=O)(=O)c2cccc(-c3nc(-c4ccc(C)cc4)no3)c2)cc1. The first-order chi connectivity index (χ1) is 15.4. The number of hydrogen-bond acceptors (Lipinski definition) is 7. The molecule has 32 heavy (non-hydrogen) atoms. The van der Waals surface area contributed by atoms with Gasteiger partial charge < -0.3 is 9.26 Å². The van der Waals surface area contributed by atoms with Crippen LogP contribution in [0.2, 0.25) is 0 Å². The van der Waals surface area contributed by atoms with Crippen molar-refractivity contribution in [3.05, 3.63) is 83.9 Å². The number of hydrogen-bond donors (Lipinski definition) is 1. The van der Waals surface area contributed by atoms with Crippen LogP contribution >= 0.6 is 0 Å². The first kappa shape index (κ1) is 21.3. The van der Waals surface area contributed by atoms with Gasteiger partial charge in [0.1, 0.15) is 0 Å². The number of sulfonamides is 1. The van der Waals surface area contributed by atoms with Gasteiger partial charge in [-0.3, -0.25) is 4.72 Å². The summed E-state index contributed by atoms with van der Waals surface area (Å²) in [4.78, 5) is 15.9. The lowest BCUT2D eigenvalue weighted by atomic mass is 10.1. The van der Waals surface area contributed by atoms with Gasteiger partial charge in [0.2, 0.25) is 5.82 Å². The zero-order chi connectivity index (χ0) is 22.7. The van der Waals surface area contributed by atoms with E-state index in [1.54, 1.807) is 12.1 Å². The highest BCUT2D eigenvalue weighted by Gasteiger charge is 2.18. The summed E-state index contributed by atoms with van der Waals surface area (Å²) in [6.45, 7) is 1.99. The predicted molar refractivity (Wildman–Crippen MR) is 118 cm³/mol. The molecule has 162 valence electrons. The van der Waals surface area contributed by atoms with Crippen LogP contribution < -0.4 is 4.72 Å². The molecule has 1 N–H and O–H groups in total. The number of ether oxygens (including phenoxy) is 1. The van der Waals surface area contributed by atoms with Gasteiger partial charge in [-0.25, -0.2) is 13.2 Å². The second-order valence-corrected chi connectivity index (χ2v) is 8.67. The van der Waals surface area contributed by atoms with Crippen LogP contribution in [-0.4, -0.2) is 31.6 Å². The zero-order valence-electron chi connectivity index (χ0n) is 17.3. The van der Waals surface area contributed by atoms with Gasteiger partial charge in [-0.1, -0.05) is 41.1 Å². The van der Waals surface area contributed by atoms with E-state index < -0.39 is 16.0 Å². The summed E-state index contributed by atoms with van der Waals surface area (Å²) in [5.41, 5.74) is 3.01. The number of methoxy groups -OCH3 is 1. The van der Waals surface area contributed by atoms with Crippen molar-refractivity contribution in [3.63, 3.8) is 0 Å². The molecule has 0 fully saturated rings. The Kier molecular flexibility index (Phi) is 5.74. The minimum Gasteiger partial charge on any atom is -0.465 e. The lowest BCUT2D eigenvalue weighted by Crippen LogP contribution is -2.13. The van der Waals surface area contributed by atoms with Crippen LogP contribution in [0.15, 0.2) is 82.2 Å². The second kappa shape index (κ2) is 8.64. The van der Waals surface area contributed by atoms with E-state index in [1.807, 2.05) is 31.2 Å². The lowest BCUT2D eigenvalue weighted by Gasteiger charge is -2.09. The van der Waals surface area contributed by atoms with Crippen molar-refractivity contribution in [1.29, 1.82) is 0 Å². The topological polar surface area (TPSA) is 111 Å². The Labute approximate surface area is 184 Å². The maximum atomic E-state index is 12.8. The molecule has 3 aromatic carbocycles. The molecule has 8 nitrogen and oxygen atoms in total. The third-order valence-electron chi connectivity index (χ3n) is 4.69. The molecule has 1 heterocycles. The number of aromatic nitrogens is 2. The molecule has 0 saturated heterocycles. The summed E-state index contributed by atoms with van der Waals surface area (Å²) >= 11 is 0. The number of esters is 1. The lowest BCUT2D eigenvalue weighted by molar-refractivity contribution is 0.0600. The minimum atomic E-state index is -3.89. The fourth-order valence-corrected chi connectivity index (χ4v) is 4.07. The van der Waals surface area contributed by atoms with E-state index in [-0.39, 0.29) is 10.8 Å². The van der Waals surface area contributed by atoms with Gasteiger partial charge in [0.15, 0.2) is 0 Å². The molecular formula is C23H19N3O5S. The molecule has 0 spiro atoms. The monoisotopic (exact) mass is 449 g/mol. The molecule has 1 aromatic heterocycles. The van der Waals surface area contributed by atoms with Crippen LogP contribution in [0.1, 0.15) is 15.9 Å². The maximum absolute atomic E-state index is 12.8. The number of carbonyl (C=O) groups is 1. The third kappa shape index (κ3) is 4.52. The molecule has 0 bridgehead atoms. The Balaban J connectivity index is 1.57. The average Bonchev–Trinajstić information content (AvgIpc) is 3.30. The van der Waals surface area contributed by atoms with E-state index in [0.29, 0.717) is 22.6 Å². The highest BCUT2D eigenvalue weighted by Crippen LogP contribution is 2.25. The van der Waals surface area contributed by atoms with Crippen molar-refractivity contribution in [2.45, 2.75) is 11.8 Å². The first-order valence-corrected chi connectivity index (χ1v) is 11.1. The molecule has 0 amide bonds. The largest absolute Gasteiger partial charge is 0.465 e. The van der Waals surface area contributed by atoms with Crippen LogP contribution in [0.4, 0.5) is 5.69 Å². The Morgan fingerprint density at radius 2 is 1.69 bits per heavy atom. The maximum Gasteiger partial charge on any atom is 0.337 e. The van der Waals surface area contributed by atoms with Crippen LogP contribution in [0.3, 0.4) is 0 Å². The van der Waals surface area contributed by atoms with Crippen LogP contribution in [0.25, 0.3) is 22.8 Å². The average molecular weight is 449 g/mol. The number of anilines is 1. The summed E-state index contributed by atoms with van der Waals surface area (Å²) < 4.78 is 38.2. The number of carbonyl (C=O) groups excluding carboxylic acids is 1. The molecule has 0 radical (unpaired) electrons. The van der Waals surface area contributed by atoms with E-state index in [0.717, 1.165) is 11.1 Å². The van der Waals surface area contributed by atoms with Gasteiger partial charge in [-0.2, -0.15) is 4.98 Å². The number of rotatable bonds is 6. The van der Waals surface area contributed by atoms with E-state index in [2.05, 4.69) is 19.6 Å². The predicted octanol–water partition coefficient (Wildman–Crippen LogP) is 4.30. The fourth-order valence-electron chi connectivity index (χ4n) is 2.96. The van der Waals surface area contributed by atoms with Crippen LogP contribution in [0, 0.1) is 6.92 Å². The number of nitrogens with zero attached hydrogens (tertiary/aromatic N) is 2. The molecule has 0 aliphatic heterocycles. The quantitative estimate of drug-likeness (QED) is 0.437. The fraction of sp³-hybridized carbons (Fsp3) is 0.0870. The molecule has 9 heteroatoms. The van der Waals surface area contributed by atoms with Gasteiger partial charge in [-0.05, 0) is 49.4 Å². The van der Waals surface area contributed by atoms with E-state index in [1.165, 1.54) is 43.5 Å². The van der Waals surface area contributed by atoms with Crippen molar-refractivity contribution in [2.24, 2.45) is 0 Å². The molecule has 4 aromatic rings. The zero-order valence-corrected chi connectivity index (χ0v) is 18.1. The van der Waals surface area contributed by atoms with Crippen molar-refractivity contribution < 1.29 is 22.5 Å². The summed E-state index contributed by atoms with van der Waals surface area (Å²) in [7, 11) is -2.61. The van der Waals surface area contributed by atoms with Gasteiger partial charge in [0.25, 0.3) is 15.9 Å². The van der Waals surface area contributed by atoms with E-state index >= 15 is 0 Å². The van der Waals surface area contributed by atoms with Gasteiger partial charge in [0.05, 0.1) is 17.6 Å². The number of nitrogens with one attached hydrogen (secondary N) is 1. The van der Waals surface area contributed by atoms with Crippen molar-refractivity contribution >= 4 is 21.7 Å². The van der Waals surface area contributed by atoms with Gasteiger partial charge >= 0.3 is 5.97 Å². The summed E-state index contributed by atoms with van der Waals surface area (Å²) in [5, 5.41) is 3.99. The highest BCUT2D eigenvalue weighted by molar-refractivity contribution is 7.92. The Morgan fingerprint density at radius 3 is 2.38 bits per heavy atom. The Hall–Kier alpha value is -3.98. The Morgan fingerprint density at radius 1 is 0.969 bits per heavy atom. The van der Waals surface area contributed by atoms with Crippen LogP contribution in [0.5, 0.6) is 0 Å². The van der Waals surface area contributed by atoms with Crippen molar-refractivity contribution in [3.8, 4) is 22.8 Å². The summed E-state index contributed by atoms with van der Waals surface area (Å²) in [5.74, 6) is 0.119. The summed E-state index contributed by atoms with van der Waals surface area (Å²) in [6, 6.07) is 19.8. The minimum absolute atomic E-state index is 0.0298. The molecule has 4 rings (SSSR count). The molecule has 0 saturated carbocycles. The number of aryl methyl sites for hydroxylation is 1. The molecule has 0 atom stereocenters. The molecular weight excluding hydrogens is 430 g/mol. The summed E-state index contributed by atoms with van der Waals surface area (Å²) in [6.07, 6.45) is 0. The highest BCUT2D eigenvalue weighted by atomic mass is 32.2. The second-order valence-electron chi connectivity index (χ2n) is 6.99. The standard InChI is InChI=1S/C23H19N3O5S/c1-15-6-8-16(9-7-15)21-24-22(31-25-21)18-4-3-5-20(14-18)32(28,29)26-19-12-10-17(11-13-19)23(27)30-2/h3-14,26H,1-2H3. The Bertz CT molecular complexity index is 1360. The van der Waals surface area contributed by atoms with Gasteiger partial charge in [-0.15, -0.1) is 0 Å². The number of benzene rings is 3. The van der Waals surface area contributed by atoms with Crippen molar-refractivity contribution in [1.82, 2.24) is 10.1 Å². The van der Waals surface area contributed by atoms with Gasteiger partial charge in [0, 0.05) is 16.8 Å². The first-order valence-electron chi connectivity index (χ1n) is 9.58. The molecule has 0 unspecified atom stereocenters. The van der Waals surface area contributed by atoms with E-state index in [9.17, 15) is 13.2 Å². The van der Waals surface area contributed by atoms with E-state index in [4.69, 9.17) is 4.52 Å². The van der Waals surface area contributed by atoms with Crippen molar-refractivity contribution in [2.75, 3.05) is 11.8 Å². The molecule has 0 aliphatic rings. The normalized spacial score (nSPS) is 11.2. The molecule has 0 aliphatic carbocycles. The third-order valence-corrected chi connectivity index (χ3v) is 6.06. The van der Waals surface area contributed by atoms with Crippen LogP contribution in [-0.2, 0) is 14.8 Å².